The molecule has 0 saturated carbocycles. The fourth-order valence-corrected chi connectivity index (χ4v) is 3.75. The normalized spacial score (nSPS) is 21.6. The molecule has 0 N–H and O–H groups in total. The first-order chi connectivity index (χ1) is 12.8. The first kappa shape index (κ1) is 18.9. The summed E-state index contributed by atoms with van der Waals surface area (Å²) in [6.45, 7) is 5.07. The van der Waals surface area contributed by atoms with Crippen LogP contribution in [0.15, 0.2) is 42.0 Å². The maximum Gasteiger partial charge on any atom is 0.410 e. The van der Waals surface area contributed by atoms with Gasteiger partial charge in [0.2, 0.25) is 0 Å². The molecule has 2 atom stereocenters. The quantitative estimate of drug-likeness (QED) is 0.495. The second-order valence-corrected chi connectivity index (χ2v) is 6.83. The summed E-state index contributed by atoms with van der Waals surface area (Å²) in [4.78, 5) is 14.5. The number of carbonyl (C=O) groups excluding carboxylic acids is 1. The summed E-state index contributed by atoms with van der Waals surface area (Å²) < 4.78 is 16.4. The van der Waals surface area contributed by atoms with E-state index in [-0.39, 0.29) is 18.2 Å². The van der Waals surface area contributed by atoms with Gasteiger partial charge in [-0.25, -0.2) is 4.79 Å². The highest BCUT2D eigenvalue weighted by Gasteiger charge is 2.40. The third kappa shape index (κ3) is 5.08. The molecule has 3 rings (SSSR count). The summed E-state index contributed by atoms with van der Waals surface area (Å²) in [5.74, 6) is 0. The Morgan fingerprint density at radius 3 is 2.69 bits per heavy atom. The van der Waals surface area contributed by atoms with E-state index in [4.69, 9.17) is 14.2 Å². The Balaban J connectivity index is 1.44. The van der Waals surface area contributed by atoms with Crippen molar-refractivity contribution >= 4 is 6.09 Å². The van der Waals surface area contributed by atoms with Crippen molar-refractivity contribution < 1.29 is 19.0 Å². The van der Waals surface area contributed by atoms with Crippen molar-refractivity contribution in [2.45, 2.75) is 51.3 Å². The molecule has 2 unspecified atom stereocenters. The molecule has 142 valence electrons. The standard InChI is InChI=1S/C21H29NO4/c1-2-24-12-13-25-11-10-18-14-19-8-9-20(15-18)22(19)21(23)26-16-17-6-4-3-5-7-17/h3-7,14,19-20H,2,8-13,15-16H2,1H3. The molecule has 0 spiro atoms. The summed E-state index contributed by atoms with van der Waals surface area (Å²) in [5.41, 5.74) is 2.42. The molecular formula is C21H29NO4. The highest BCUT2D eigenvalue weighted by atomic mass is 16.6. The minimum Gasteiger partial charge on any atom is -0.445 e. The number of amides is 1. The molecule has 26 heavy (non-hydrogen) atoms. The number of benzene rings is 1. The van der Waals surface area contributed by atoms with Crippen LogP contribution in [0.2, 0.25) is 0 Å². The van der Waals surface area contributed by atoms with E-state index in [2.05, 4.69) is 6.08 Å². The van der Waals surface area contributed by atoms with Gasteiger partial charge in [-0.3, -0.25) is 4.90 Å². The average Bonchev–Trinajstić information content (AvgIpc) is 2.94. The largest absolute Gasteiger partial charge is 0.445 e. The maximum absolute atomic E-state index is 12.5. The van der Waals surface area contributed by atoms with Crippen molar-refractivity contribution in [3.63, 3.8) is 0 Å². The van der Waals surface area contributed by atoms with Gasteiger partial charge in [-0.15, -0.1) is 0 Å². The van der Waals surface area contributed by atoms with Crippen LogP contribution in [0, 0.1) is 0 Å². The summed E-state index contributed by atoms with van der Waals surface area (Å²) in [7, 11) is 0. The molecule has 0 radical (unpaired) electrons. The summed E-state index contributed by atoms with van der Waals surface area (Å²) >= 11 is 0. The molecule has 2 bridgehead atoms. The lowest BCUT2D eigenvalue weighted by Gasteiger charge is -2.33. The molecule has 1 fully saturated rings. The Morgan fingerprint density at radius 2 is 1.92 bits per heavy atom. The molecule has 0 aliphatic carbocycles. The monoisotopic (exact) mass is 359 g/mol. The molecule has 5 nitrogen and oxygen atoms in total. The van der Waals surface area contributed by atoms with Gasteiger partial charge in [0.25, 0.3) is 0 Å². The van der Waals surface area contributed by atoms with Crippen LogP contribution in [0.4, 0.5) is 4.79 Å². The fourth-order valence-electron chi connectivity index (χ4n) is 3.75. The van der Waals surface area contributed by atoms with E-state index in [9.17, 15) is 4.79 Å². The summed E-state index contributed by atoms with van der Waals surface area (Å²) in [6.07, 6.45) is 6.01. The summed E-state index contributed by atoms with van der Waals surface area (Å²) in [6, 6.07) is 10.3. The third-order valence-corrected chi connectivity index (χ3v) is 5.03. The zero-order valence-corrected chi connectivity index (χ0v) is 15.6. The topological polar surface area (TPSA) is 48.0 Å². The van der Waals surface area contributed by atoms with E-state index in [1.165, 1.54) is 5.57 Å². The van der Waals surface area contributed by atoms with Crippen molar-refractivity contribution in [1.29, 1.82) is 0 Å². The number of rotatable bonds is 9. The molecule has 1 saturated heterocycles. The van der Waals surface area contributed by atoms with Crippen molar-refractivity contribution in [1.82, 2.24) is 4.90 Å². The molecule has 1 aromatic carbocycles. The van der Waals surface area contributed by atoms with Crippen molar-refractivity contribution in [3.05, 3.63) is 47.5 Å². The number of hydrogen-bond acceptors (Lipinski definition) is 4. The van der Waals surface area contributed by atoms with Crippen LogP contribution in [-0.4, -0.2) is 49.5 Å². The highest BCUT2D eigenvalue weighted by Crippen LogP contribution is 2.36. The van der Waals surface area contributed by atoms with Gasteiger partial charge in [-0.05, 0) is 38.2 Å². The second-order valence-electron chi connectivity index (χ2n) is 6.83. The van der Waals surface area contributed by atoms with E-state index in [1.54, 1.807) is 0 Å². The number of hydrogen-bond donors (Lipinski definition) is 0. The van der Waals surface area contributed by atoms with E-state index < -0.39 is 0 Å². The van der Waals surface area contributed by atoms with Gasteiger partial charge in [0.05, 0.1) is 25.9 Å². The van der Waals surface area contributed by atoms with E-state index in [1.807, 2.05) is 42.2 Å². The van der Waals surface area contributed by atoms with Crippen LogP contribution >= 0.6 is 0 Å². The first-order valence-corrected chi connectivity index (χ1v) is 9.62. The Labute approximate surface area is 155 Å². The van der Waals surface area contributed by atoms with Gasteiger partial charge in [0.15, 0.2) is 0 Å². The fraction of sp³-hybridized carbons (Fsp3) is 0.571. The Morgan fingerprint density at radius 1 is 1.12 bits per heavy atom. The third-order valence-electron chi connectivity index (χ3n) is 5.03. The lowest BCUT2D eigenvalue weighted by Crippen LogP contribution is -2.43. The molecule has 2 aliphatic heterocycles. The van der Waals surface area contributed by atoms with E-state index >= 15 is 0 Å². The smallest absolute Gasteiger partial charge is 0.410 e. The van der Waals surface area contributed by atoms with Gasteiger partial charge in [0, 0.05) is 12.6 Å². The average molecular weight is 359 g/mol. The highest BCUT2D eigenvalue weighted by molar-refractivity contribution is 5.70. The second kappa shape index (κ2) is 9.74. The predicted octanol–water partition coefficient (Wildman–Crippen LogP) is 3.93. The van der Waals surface area contributed by atoms with Crippen LogP contribution in [-0.2, 0) is 20.8 Å². The molecule has 2 heterocycles. The lowest BCUT2D eigenvalue weighted by atomic mass is 9.99. The van der Waals surface area contributed by atoms with Gasteiger partial charge in [-0.1, -0.05) is 42.0 Å². The molecule has 5 heteroatoms. The molecule has 0 aromatic heterocycles. The SMILES string of the molecule is CCOCCOCCC1=CC2CCC(C1)N2C(=O)OCc1ccccc1. The zero-order valence-electron chi connectivity index (χ0n) is 15.6. The Bertz CT molecular complexity index is 601. The minimum atomic E-state index is -0.190. The van der Waals surface area contributed by atoms with Gasteiger partial charge < -0.3 is 14.2 Å². The minimum absolute atomic E-state index is 0.176. The zero-order chi connectivity index (χ0) is 18.2. The Kier molecular flexibility index (Phi) is 7.09. The predicted molar refractivity (Wildman–Crippen MR) is 99.9 cm³/mol. The number of carbonyl (C=O) groups is 1. The lowest BCUT2D eigenvalue weighted by molar-refractivity contribution is 0.0529. The van der Waals surface area contributed by atoms with Gasteiger partial charge >= 0.3 is 6.09 Å². The molecule has 1 aromatic rings. The maximum atomic E-state index is 12.5. The number of nitrogens with zero attached hydrogens (tertiary/aromatic N) is 1. The number of ether oxygens (including phenoxy) is 3. The molecular weight excluding hydrogens is 330 g/mol. The van der Waals surface area contributed by atoms with Crippen molar-refractivity contribution in [2.24, 2.45) is 0 Å². The first-order valence-electron chi connectivity index (χ1n) is 9.62. The van der Waals surface area contributed by atoms with Gasteiger partial charge in [-0.2, -0.15) is 0 Å². The van der Waals surface area contributed by atoms with Crippen LogP contribution in [0.3, 0.4) is 0 Å². The van der Waals surface area contributed by atoms with Crippen LogP contribution in [0.5, 0.6) is 0 Å². The summed E-state index contributed by atoms with van der Waals surface area (Å²) in [5, 5.41) is 0. The van der Waals surface area contributed by atoms with Crippen molar-refractivity contribution in [3.8, 4) is 0 Å². The van der Waals surface area contributed by atoms with E-state index in [0.717, 1.165) is 44.5 Å². The van der Waals surface area contributed by atoms with Gasteiger partial charge in [0.1, 0.15) is 6.61 Å². The van der Waals surface area contributed by atoms with E-state index in [0.29, 0.717) is 19.8 Å². The van der Waals surface area contributed by atoms with Crippen molar-refractivity contribution in [2.75, 3.05) is 26.4 Å². The Hall–Kier alpha value is -1.85. The number of fused-ring (bicyclic) bond motifs is 2. The van der Waals surface area contributed by atoms with Crippen LogP contribution in [0.1, 0.15) is 38.2 Å². The van der Waals surface area contributed by atoms with Crippen LogP contribution in [0.25, 0.3) is 0 Å². The molecule has 2 aliphatic rings. The molecule has 1 amide bonds. The van der Waals surface area contributed by atoms with Crippen LogP contribution < -0.4 is 0 Å².